The van der Waals surface area contributed by atoms with Crippen LogP contribution in [0.1, 0.15) is 22.7 Å². The second-order valence-corrected chi connectivity index (χ2v) is 6.28. The molecule has 1 N–H and O–H groups in total. The van der Waals surface area contributed by atoms with Crippen LogP contribution in [-0.4, -0.2) is 7.05 Å². The van der Waals surface area contributed by atoms with Crippen LogP contribution in [0.25, 0.3) is 0 Å². The summed E-state index contributed by atoms with van der Waals surface area (Å²) >= 11 is 6.86. The molecule has 0 amide bonds. The minimum atomic E-state index is -0.553. The van der Waals surface area contributed by atoms with Crippen LogP contribution in [0.5, 0.6) is 0 Å². The Kier molecular flexibility index (Phi) is 4.94. The molecular formula is C15H13Br2F2N. The van der Waals surface area contributed by atoms with Gasteiger partial charge in [-0.05, 0) is 43.3 Å². The van der Waals surface area contributed by atoms with Gasteiger partial charge in [-0.2, -0.15) is 0 Å². The van der Waals surface area contributed by atoms with E-state index in [-0.39, 0.29) is 6.04 Å². The summed E-state index contributed by atoms with van der Waals surface area (Å²) in [6.07, 6.45) is 0. The Morgan fingerprint density at radius 3 is 2.30 bits per heavy atom. The van der Waals surface area contributed by atoms with Gasteiger partial charge in [-0.1, -0.05) is 37.9 Å². The predicted octanol–water partition coefficient (Wildman–Crippen LogP) is 5.11. The summed E-state index contributed by atoms with van der Waals surface area (Å²) < 4.78 is 29.2. The van der Waals surface area contributed by atoms with Crippen molar-refractivity contribution in [3.05, 3.63) is 67.6 Å². The molecular weight excluding hydrogens is 392 g/mol. The Labute approximate surface area is 133 Å². The van der Waals surface area contributed by atoms with Crippen molar-refractivity contribution in [1.82, 2.24) is 5.32 Å². The Morgan fingerprint density at radius 2 is 1.70 bits per heavy atom. The molecule has 0 fully saturated rings. The van der Waals surface area contributed by atoms with Crippen molar-refractivity contribution < 1.29 is 8.78 Å². The highest BCUT2D eigenvalue weighted by atomic mass is 79.9. The third-order valence-electron chi connectivity index (χ3n) is 3.15. The van der Waals surface area contributed by atoms with Gasteiger partial charge in [-0.15, -0.1) is 0 Å². The van der Waals surface area contributed by atoms with Crippen LogP contribution in [0.4, 0.5) is 8.78 Å². The molecule has 106 valence electrons. The summed E-state index contributed by atoms with van der Waals surface area (Å²) in [4.78, 5) is 0. The maximum absolute atomic E-state index is 14.1. The highest BCUT2D eigenvalue weighted by molar-refractivity contribution is 9.11. The average molecular weight is 405 g/mol. The molecule has 0 saturated carbocycles. The van der Waals surface area contributed by atoms with Gasteiger partial charge in [-0.25, -0.2) is 8.78 Å². The zero-order chi connectivity index (χ0) is 14.9. The van der Waals surface area contributed by atoms with Crippen molar-refractivity contribution in [3.8, 4) is 0 Å². The van der Waals surface area contributed by atoms with E-state index in [1.165, 1.54) is 0 Å². The van der Waals surface area contributed by atoms with Gasteiger partial charge in [0.2, 0.25) is 0 Å². The Bertz CT molecular complexity index is 644. The molecule has 0 bridgehead atoms. The van der Waals surface area contributed by atoms with Crippen LogP contribution in [-0.2, 0) is 0 Å². The van der Waals surface area contributed by atoms with Crippen LogP contribution in [0.15, 0.2) is 39.3 Å². The summed E-state index contributed by atoms with van der Waals surface area (Å²) in [5, 5.41) is 3.07. The van der Waals surface area contributed by atoms with Gasteiger partial charge in [0.25, 0.3) is 0 Å². The van der Waals surface area contributed by atoms with Crippen LogP contribution >= 0.6 is 31.9 Å². The first-order valence-electron chi connectivity index (χ1n) is 6.01. The molecule has 1 nitrogen and oxygen atoms in total. The third-order valence-corrected chi connectivity index (χ3v) is 4.33. The summed E-state index contributed by atoms with van der Waals surface area (Å²) in [5.74, 6) is -1.08. The zero-order valence-electron chi connectivity index (χ0n) is 11.0. The van der Waals surface area contributed by atoms with Gasteiger partial charge in [0.05, 0.1) is 6.04 Å². The molecule has 0 saturated heterocycles. The van der Waals surface area contributed by atoms with E-state index in [1.807, 2.05) is 18.2 Å². The second kappa shape index (κ2) is 6.33. The van der Waals surface area contributed by atoms with Crippen molar-refractivity contribution >= 4 is 31.9 Å². The molecule has 0 radical (unpaired) electrons. The first-order chi connectivity index (χ1) is 9.43. The lowest BCUT2D eigenvalue weighted by molar-refractivity contribution is 0.547. The standard InChI is InChI=1S/C15H13Br2F2N/c1-8-5-11(14(19)7-13(8)18)15(20-2)10-4-3-9(16)6-12(10)17/h3-7,15,20H,1-2H3. The zero-order valence-corrected chi connectivity index (χ0v) is 14.1. The first-order valence-corrected chi connectivity index (χ1v) is 7.60. The Morgan fingerprint density at radius 1 is 1.00 bits per heavy atom. The summed E-state index contributed by atoms with van der Waals surface area (Å²) in [6, 6.07) is 7.80. The monoisotopic (exact) mass is 403 g/mol. The fraction of sp³-hybridized carbons (Fsp3) is 0.200. The highest BCUT2D eigenvalue weighted by Gasteiger charge is 2.20. The maximum atomic E-state index is 14.1. The molecule has 0 aromatic heterocycles. The molecule has 1 atom stereocenters. The quantitative estimate of drug-likeness (QED) is 0.749. The topological polar surface area (TPSA) is 12.0 Å². The molecule has 2 aromatic rings. The summed E-state index contributed by atoms with van der Waals surface area (Å²) in [6.45, 7) is 1.63. The highest BCUT2D eigenvalue weighted by Crippen LogP contribution is 2.32. The summed E-state index contributed by atoms with van der Waals surface area (Å²) in [5.41, 5.74) is 1.74. The number of hydrogen-bond acceptors (Lipinski definition) is 1. The number of aryl methyl sites for hydroxylation is 1. The molecule has 0 spiro atoms. The maximum Gasteiger partial charge on any atom is 0.131 e. The van der Waals surface area contributed by atoms with Crippen LogP contribution in [0.2, 0.25) is 0 Å². The van der Waals surface area contributed by atoms with Gasteiger partial charge in [0.15, 0.2) is 0 Å². The lowest BCUT2D eigenvalue weighted by atomic mass is 9.97. The number of rotatable bonds is 3. The van der Waals surface area contributed by atoms with Crippen LogP contribution in [0.3, 0.4) is 0 Å². The van der Waals surface area contributed by atoms with Crippen molar-refractivity contribution in [3.63, 3.8) is 0 Å². The summed E-state index contributed by atoms with van der Waals surface area (Å²) in [7, 11) is 1.75. The first kappa shape index (κ1) is 15.6. The van der Waals surface area contributed by atoms with E-state index in [9.17, 15) is 8.78 Å². The molecule has 20 heavy (non-hydrogen) atoms. The van der Waals surface area contributed by atoms with E-state index in [2.05, 4.69) is 37.2 Å². The van der Waals surface area contributed by atoms with Crippen LogP contribution in [0, 0.1) is 18.6 Å². The fourth-order valence-corrected chi connectivity index (χ4v) is 3.39. The molecule has 5 heteroatoms. The fourth-order valence-electron chi connectivity index (χ4n) is 2.11. The van der Waals surface area contributed by atoms with Gasteiger partial charge in [0, 0.05) is 20.6 Å². The van der Waals surface area contributed by atoms with Crippen molar-refractivity contribution in [2.45, 2.75) is 13.0 Å². The van der Waals surface area contributed by atoms with E-state index in [0.717, 1.165) is 20.6 Å². The van der Waals surface area contributed by atoms with Crippen molar-refractivity contribution in [2.75, 3.05) is 7.05 Å². The third kappa shape index (κ3) is 3.10. The second-order valence-electron chi connectivity index (χ2n) is 4.51. The van der Waals surface area contributed by atoms with Crippen molar-refractivity contribution in [2.24, 2.45) is 0 Å². The van der Waals surface area contributed by atoms with Gasteiger partial charge < -0.3 is 5.32 Å². The smallest absolute Gasteiger partial charge is 0.131 e. The molecule has 0 aliphatic heterocycles. The minimum absolute atomic E-state index is 0.350. The molecule has 0 aliphatic rings. The SMILES string of the molecule is CNC(c1cc(C)c(F)cc1F)c1ccc(Br)cc1Br. The lowest BCUT2D eigenvalue weighted by Gasteiger charge is -2.20. The average Bonchev–Trinajstić information content (AvgIpc) is 2.38. The van der Waals surface area contributed by atoms with Gasteiger partial charge in [-0.3, -0.25) is 0 Å². The largest absolute Gasteiger partial charge is 0.309 e. The number of nitrogens with one attached hydrogen (secondary N) is 1. The molecule has 0 aliphatic carbocycles. The van der Waals surface area contributed by atoms with Gasteiger partial charge >= 0.3 is 0 Å². The Balaban J connectivity index is 2.55. The van der Waals surface area contributed by atoms with E-state index in [1.54, 1.807) is 20.0 Å². The molecule has 1 unspecified atom stereocenters. The lowest BCUT2D eigenvalue weighted by Crippen LogP contribution is -2.20. The van der Waals surface area contributed by atoms with E-state index < -0.39 is 11.6 Å². The van der Waals surface area contributed by atoms with Crippen LogP contribution < -0.4 is 5.32 Å². The van der Waals surface area contributed by atoms with E-state index in [4.69, 9.17) is 0 Å². The normalized spacial score (nSPS) is 12.5. The molecule has 0 heterocycles. The number of halogens is 4. The Hall–Kier alpha value is -0.780. The minimum Gasteiger partial charge on any atom is -0.309 e. The van der Waals surface area contributed by atoms with Gasteiger partial charge in [0.1, 0.15) is 11.6 Å². The molecule has 2 aromatic carbocycles. The van der Waals surface area contributed by atoms with E-state index in [0.29, 0.717) is 11.1 Å². The predicted molar refractivity (Wildman–Crippen MR) is 83.8 cm³/mol. The van der Waals surface area contributed by atoms with E-state index >= 15 is 0 Å². The molecule has 2 rings (SSSR count). The van der Waals surface area contributed by atoms with Crippen molar-refractivity contribution in [1.29, 1.82) is 0 Å². The number of benzene rings is 2. The number of hydrogen-bond donors (Lipinski definition) is 1.